The average Bonchev–Trinajstić information content (AvgIpc) is 2.42. The van der Waals surface area contributed by atoms with Crippen LogP contribution in [0.25, 0.3) is 0 Å². The first-order valence-electron chi connectivity index (χ1n) is 8.11. The fourth-order valence-electron chi connectivity index (χ4n) is 2.14. The highest BCUT2D eigenvalue weighted by molar-refractivity contribution is 6.69. The summed E-state index contributed by atoms with van der Waals surface area (Å²) in [4.78, 5) is 12.2. The van der Waals surface area contributed by atoms with Crippen molar-refractivity contribution in [3.05, 3.63) is 35.9 Å². The number of benzene rings is 1. The molecule has 0 radical (unpaired) electrons. The third-order valence-corrected chi connectivity index (χ3v) is 3.93. The van der Waals surface area contributed by atoms with Gasteiger partial charge in [0.05, 0.1) is 12.1 Å². The third-order valence-electron chi connectivity index (χ3n) is 2.97. The Kier molecular flexibility index (Phi) is 7.00. The molecule has 0 bridgehead atoms. The number of nitrogens with one attached hydrogen (secondary N) is 1. The highest BCUT2D eigenvalue weighted by Crippen LogP contribution is 2.15. The van der Waals surface area contributed by atoms with E-state index in [4.69, 9.17) is 9.16 Å². The van der Waals surface area contributed by atoms with Crippen molar-refractivity contribution in [3.8, 4) is 6.07 Å². The van der Waals surface area contributed by atoms with E-state index in [-0.39, 0.29) is 0 Å². The average molecular weight is 349 g/mol. The van der Waals surface area contributed by atoms with Crippen LogP contribution in [0.3, 0.4) is 0 Å². The molecule has 24 heavy (non-hydrogen) atoms. The molecule has 6 heteroatoms. The summed E-state index contributed by atoms with van der Waals surface area (Å²) in [5, 5.41) is 12.3. The van der Waals surface area contributed by atoms with Gasteiger partial charge in [0.1, 0.15) is 5.60 Å². The van der Waals surface area contributed by atoms with E-state index in [1.165, 1.54) is 0 Å². The van der Waals surface area contributed by atoms with Gasteiger partial charge in [-0.25, -0.2) is 4.79 Å². The van der Waals surface area contributed by atoms with Crippen LogP contribution in [-0.4, -0.2) is 32.2 Å². The molecule has 0 aliphatic heterocycles. The van der Waals surface area contributed by atoms with Crippen molar-refractivity contribution in [2.45, 2.75) is 64.6 Å². The molecule has 0 spiro atoms. The van der Waals surface area contributed by atoms with Crippen LogP contribution in [0.2, 0.25) is 19.6 Å². The molecule has 2 atom stereocenters. The number of ether oxygens (including phenoxy) is 1. The summed E-state index contributed by atoms with van der Waals surface area (Å²) < 4.78 is 11.3. The molecule has 1 rings (SSSR count). The van der Waals surface area contributed by atoms with Crippen LogP contribution in [-0.2, 0) is 15.6 Å². The summed E-state index contributed by atoms with van der Waals surface area (Å²) in [6.45, 7) is 11.5. The number of nitriles is 1. The van der Waals surface area contributed by atoms with Gasteiger partial charge >= 0.3 is 6.09 Å². The lowest BCUT2D eigenvalue weighted by Crippen LogP contribution is -2.50. The number of alkyl carbamates (subject to hydrolysis) is 1. The Morgan fingerprint density at radius 2 is 1.83 bits per heavy atom. The molecule has 1 amide bonds. The van der Waals surface area contributed by atoms with Crippen molar-refractivity contribution in [2.75, 3.05) is 0 Å². The Labute approximate surface area is 146 Å². The summed E-state index contributed by atoms with van der Waals surface area (Å²) in [7, 11) is -1.93. The highest BCUT2D eigenvalue weighted by atomic mass is 28.4. The second-order valence-electron chi connectivity index (χ2n) is 7.72. The van der Waals surface area contributed by atoms with Gasteiger partial charge in [0.15, 0.2) is 14.4 Å². The van der Waals surface area contributed by atoms with Crippen LogP contribution in [0, 0.1) is 11.3 Å². The van der Waals surface area contributed by atoms with Gasteiger partial charge in [0.25, 0.3) is 0 Å². The zero-order valence-corrected chi connectivity index (χ0v) is 16.4. The maximum absolute atomic E-state index is 12.2. The van der Waals surface area contributed by atoms with Crippen LogP contribution >= 0.6 is 0 Å². The molecule has 0 fully saturated rings. The van der Waals surface area contributed by atoms with E-state index in [1.807, 2.05) is 50.0 Å². The van der Waals surface area contributed by atoms with Gasteiger partial charge in [-0.05, 0) is 52.4 Å². The van der Waals surface area contributed by atoms with Gasteiger partial charge in [-0.3, -0.25) is 0 Å². The van der Waals surface area contributed by atoms with E-state index >= 15 is 0 Å². The second kappa shape index (κ2) is 8.31. The largest absolute Gasteiger partial charge is 0.444 e. The zero-order chi connectivity index (χ0) is 18.4. The minimum absolute atomic E-state index is 0.473. The number of nitrogens with zero attached hydrogens (tertiary/aromatic N) is 1. The second-order valence-corrected chi connectivity index (χ2v) is 12.2. The van der Waals surface area contributed by atoms with Crippen LogP contribution in [0.15, 0.2) is 30.3 Å². The molecule has 0 aliphatic carbocycles. The summed E-state index contributed by atoms with van der Waals surface area (Å²) in [5.74, 6) is 0. The van der Waals surface area contributed by atoms with Crippen molar-refractivity contribution in [1.29, 1.82) is 5.26 Å². The molecule has 0 saturated heterocycles. The first-order chi connectivity index (χ1) is 11.0. The first-order valence-corrected chi connectivity index (χ1v) is 11.5. The molecular weight excluding hydrogens is 320 g/mol. The summed E-state index contributed by atoms with van der Waals surface area (Å²) >= 11 is 0. The number of rotatable bonds is 6. The van der Waals surface area contributed by atoms with Crippen molar-refractivity contribution >= 4 is 14.4 Å². The van der Waals surface area contributed by atoms with Gasteiger partial charge in [-0.2, -0.15) is 5.26 Å². The summed E-state index contributed by atoms with van der Waals surface area (Å²) in [6, 6.07) is 11.4. The van der Waals surface area contributed by atoms with E-state index in [2.05, 4.69) is 11.4 Å². The van der Waals surface area contributed by atoms with E-state index in [0.717, 1.165) is 5.56 Å². The molecule has 0 saturated carbocycles. The van der Waals surface area contributed by atoms with Crippen LogP contribution in [0.5, 0.6) is 0 Å². The summed E-state index contributed by atoms with van der Waals surface area (Å²) in [5.41, 5.74) is 0.432. The van der Waals surface area contributed by atoms with E-state index < -0.39 is 32.2 Å². The minimum Gasteiger partial charge on any atom is -0.444 e. The van der Waals surface area contributed by atoms with Crippen molar-refractivity contribution in [2.24, 2.45) is 0 Å². The number of amides is 1. The Morgan fingerprint density at radius 3 is 2.29 bits per heavy atom. The van der Waals surface area contributed by atoms with Gasteiger partial charge in [0, 0.05) is 0 Å². The normalized spacial score (nSPS) is 14.4. The molecule has 132 valence electrons. The van der Waals surface area contributed by atoms with E-state index in [1.54, 1.807) is 20.8 Å². The van der Waals surface area contributed by atoms with E-state index in [0.29, 0.717) is 6.42 Å². The van der Waals surface area contributed by atoms with Crippen molar-refractivity contribution < 1.29 is 14.0 Å². The fraction of sp³-hybridized carbons (Fsp3) is 0.556. The molecule has 1 aromatic rings. The SMILES string of the molecule is CC(C)(C)OC(=O)N[C@@H](Cc1ccccc1)[C@H](C#N)O[Si](C)(C)C. The molecule has 0 aliphatic rings. The smallest absolute Gasteiger partial charge is 0.408 e. The number of carbonyl (C=O) groups is 1. The van der Waals surface area contributed by atoms with Gasteiger partial charge in [0.2, 0.25) is 0 Å². The Balaban J connectivity index is 2.93. The highest BCUT2D eigenvalue weighted by Gasteiger charge is 2.30. The molecule has 1 N–H and O–H groups in total. The van der Waals surface area contributed by atoms with Crippen molar-refractivity contribution in [3.63, 3.8) is 0 Å². The van der Waals surface area contributed by atoms with Crippen molar-refractivity contribution in [1.82, 2.24) is 5.32 Å². The molecule has 0 aromatic heterocycles. The lowest BCUT2D eigenvalue weighted by molar-refractivity contribution is 0.0466. The predicted octanol–water partition coefficient (Wildman–Crippen LogP) is 3.87. The van der Waals surface area contributed by atoms with Gasteiger partial charge < -0.3 is 14.5 Å². The minimum atomic E-state index is -1.93. The summed E-state index contributed by atoms with van der Waals surface area (Å²) in [6.07, 6.45) is -0.754. The first kappa shape index (κ1) is 20.2. The maximum Gasteiger partial charge on any atom is 0.408 e. The Hall–Kier alpha value is -1.84. The lowest BCUT2D eigenvalue weighted by Gasteiger charge is -2.30. The lowest BCUT2D eigenvalue weighted by atomic mass is 10.0. The number of hydrogen-bond acceptors (Lipinski definition) is 4. The predicted molar refractivity (Wildman–Crippen MR) is 97.1 cm³/mol. The monoisotopic (exact) mass is 348 g/mol. The van der Waals surface area contributed by atoms with Crippen LogP contribution in [0.1, 0.15) is 26.3 Å². The molecule has 0 unspecified atom stereocenters. The maximum atomic E-state index is 12.2. The Bertz CT molecular complexity index is 571. The standard InChI is InChI=1S/C18H28N2O3Si/c1-18(2,3)22-17(21)20-15(12-14-10-8-7-9-11-14)16(13-19)23-24(4,5)6/h7-11,15-16H,12H2,1-6H3,(H,20,21)/t15-,16-/m0/s1. The molecule has 0 heterocycles. The topological polar surface area (TPSA) is 71.3 Å². The molecule has 1 aromatic carbocycles. The zero-order valence-electron chi connectivity index (χ0n) is 15.4. The number of carbonyl (C=O) groups excluding carboxylic acids is 1. The fourth-order valence-corrected chi connectivity index (χ4v) is 3.12. The van der Waals surface area contributed by atoms with Gasteiger partial charge in [-0.15, -0.1) is 0 Å². The molecule has 5 nitrogen and oxygen atoms in total. The van der Waals surface area contributed by atoms with Crippen LogP contribution in [0.4, 0.5) is 4.79 Å². The quantitative estimate of drug-likeness (QED) is 0.792. The third kappa shape index (κ3) is 8.13. The van der Waals surface area contributed by atoms with Crippen LogP contribution < -0.4 is 5.32 Å². The van der Waals surface area contributed by atoms with E-state index in [9.17, 15) is 10.1 Å². The number of hydrogen-bond donors (Lipinski definition) is 1. The van der Waals surface area contributed by atoms with Gasteiger partial charge in [-0.1, -0.05) is 30.3 Å². The Morgan fingerprint density at radius 1 is 1.25 bits per heavy atom. The molecular formula is C18H28N2O3Si.